The highest BCUT2D eigenvalue weighted by Crippen LogP contribution is 2.25. The summed E-state index contributed by atoms with van der Waals surface area (Å²) in [7, 11) is 0. The van der Waals surface area contributed by atoms with E-state index < -0.39 is 0 Å². The van der Waals surface area contributed by atoms with Gasteiger partial charge in [0.15, 0.2) is 5.65 Å². The van der Waals surface area contributed by atoms with Gasteiger partial charge in [-0.25, -0.2) is 14.1 Å². The van der Waals surface area contributed by atoms with E-state index >= 15 is 0 Å². The largest absolute Gasteiger partial charge is 0.376 e. The third-order valence-electron chi connectivity index (χ3n) is 5.66. The molecule has 0 aliphatic carbocycles. The molecule has 7 heteroatoms. The number of amides is 1. The van der Waals surface area contributed by atoms with Gasteiger partial charge in [-0.3, -0.25) is 4.79 Å². The van der Waals surface area contributed by atoms with Gasteiger partial charge < -0.3 is 10.1 Å². The second-order valence-corrected chi connectivity index (χ2v) is 7.94. The van der Waals surface area contributed by atoms with E-state index in [-0.39, 0.29) is 17.8 Å². The summed E-state index contributed by atoms with van der Waals surface area (Å²) < 4.78 is 21.0. The predicted molar refractivity (Wildman–Crippen MR) is 120 cm³/mol. The van der Waals surface area contributed by atoms with Gasteiger partial charge in [0.1, 0.15) is 5.82 Å². The van der Waals surface area contributed by atoms with Crippen molar-refractivity contribution >= 4 is 16.9 Å². The quantitative estimate of drug-likeness (QED) is 0.498. The summed E-state index contributed by atoms with van der Waals surface area (Å²) in [5.41, 5.74) is 3.45. The molecule has 1 N–H and O–H groups in total. The van der Waals surface area contributed by atoms with Crippen LogP contribution in [0.4, 0.5) is 4.39 Å². The summed E-state index contributed by atoms with van der Waals surface area (Å²) in [5.74, 6) is -0.485. The first-order valence-electron chi connectivity index (χ1n) is 10.7. The van der Waals surface area contributed by atoms with Gasteiger partial charge in [0.2, 0.25) is 0 Å². The minimum Gasteiger partial charge on any atom is -0.376 e. The van der Waals surface area contributed by atoms with Gasteiger partial charge in [-0.05, 0) is 36.6 Å². The van der Waals surface area contributed by atoms with Crippen LogP contribution < -0.4 is 5.32 Å². The van der Waals surface area contributed by atoms with Crippen molar-refractivity contribution in [1.82, 2.24) is 20.1 Å². The molecule has 0 radical (unpaired) electrons. The van der Waals surface area contributed by atoms with Crippen molar-refractivity contribution in [2.75, 3.05) is 13.2 Å². The second-order valence-electron chi connectivity index (χ2n) is 7.94. The number of nitrogens with one attached hydrogen (secondary N) is 1. The van der Waals surface area contributed by atoms with Gasteiger partial charge >= 0.3 is 0 Å². The van der Waals surface area contributed by atoms with E-state index in [1.807, 2.05) is 36.4 Å². The van der Waals surface area contributed by atoms with Crippen LogP contribution in [0.3, 0.4) is 0 Å². The molecule has 1 fully saturated rings. The number of rotatable bonds is 6. The molecule has 0 bridgehead atoms. The fraction of sp³-hybridized carbons (Fsp3) is 0.240. The first-order chi connectivity index (χ1) is 15.7. The van der Waals surface area contributed by atoms with Crippen LogP contribution in [0.15, 0.2) is 66.9 Å². The zero-order valence-electron chi connectivity index (χ0n) is 17.5. The fourth-order valence-corrected chi connectivity index (χ4v) is 4.02. The van der Waals surface area contributed by atoms with Gasteiger partial charge in [0.05, 0.1) is 35.5 Å². The number of fused-ring (bicyclic) bond motifs is 1. The first kappa shape index (κ1) is 20.3. The Labute approximate surface area is 185 Å². The number of hydrogen-bond acceptors (Lipinski definition) is 4. The van der Waals surface area contributed by atoms with Crippen LogP contribution in [-0.2, 0) is 11.3 Å². The molecule has 2 aromatic carbocycles. The SMILES string of the molecule is O=C(NC[C@@H]1CCCO1)c1cc(-c2ccccc2)nc2c1cnn2Cc1cccc(F)c1. The Kier molecular flexibility index (Phi) is 5.64. The molecule has 1 atom stereocenters. The second kappa shape index (κ2) is 8.88. The molecule has 5 rings (SSSR count). The number of carbonyl (C=O) groups is 1. The number of halogens is 1. The molecule has 6 nitrogen and oxygen atoms in total. The lowest BCUT2D eigenvalue weighted by Crippen LogP contribution is -2.31. The van der Waals surface area contributed by atoms with Crippen LogP contribution in [0.1, 0.15) is 28.8 Å². The van der Waals surface area contributed by atoms with Crippen LogP contribution in [0.2, 0.25) is 0 Å². The molecular weight excluding hydrogens is 407 g/mol. The van der Waals surface area contributed by atoms with E-state index in [0.29, 0.717) is 35.4 Å². The molecule has 1 saturated heterocycles. The zero-order valence-corrected chi connectivity index (χ0v) is 17.5. The number of ether oxygens (including phenoxy) is 1. The van der Waals surface area contributed by atoms with E-state index in [1.54, 1.807) is 23.0 Å². The molecule has 1 aliphatic heterocycles. The van der Waals surface area contributed by atoms with Crippen molar-refractivity contribution in [3.8, 4) is 11.3 Å². The Morgan fingerprint density at radius 2 is 2.03 bits per heavy atom. The molecule has 0 spiro atoms. The van der Waals surface area contributed by atoms with Crippen LogP contribution in [0.25, 0.3) is 22.3 Å². The van der Waals surface area contributed by atoms with Gasteiger partial charge in [0, 0.05) is 18.7 Å². The van der Waals surface area contributed by atoms with Crippen LogP contribution in [0, 0.1) is 5.82 Å². The highest BCUT2D eigenvalue weighted by molar-refractivity contribution is 6.06. The third kappa shape index (κ3) is 4.24. The minimum absolute atomic E-state index is 0.0561. The lowest BCUT2D eigenvalue weighted by Gasteiger charge is -2.12. The molecule has 3 heterocycles. The van der Waals surface area contributed by atoms with Gasteiger partial charge in [0.25, 0.3) is 5.91 Å². The van der Waals surface area contributed by atoms with Crippen LogP contribution in [0.5, 0.6) is 0 Å². The number of nitrogens with zero attached hydrogens (tertiary/aromatic N) is 3. The van der Waals surface area contributed by atoms with Gasteiger partial charge in [-0.15, -0.1) is 0 Å². The van der Waals surface area contributed by atoms with E-state index in [2.05, 4.69) is 10.4 Å². The number of pyridine rings is 1. The molecule has 1 amide bonds. The van der Waals surface area contributed by atoms with E-state index in [9.17, 15) is 9.18 Å². The summed E-state index contributed by atoms with van der Waals surface area (Å²) in [4.78, 5) is 17.9. The van der Waals surface area contributed by atoms with Crippen molar-refractivity contribution in [2.45, 2.75) is 25.5 Å². The summed E-state index contributed by atoms with van der Waals surface area (Å²) in [6, 6.07) is 17.9. The normalized spacial score (nSPS) is 15.8. The molecule has 162 valence electrons. The summed E-state index contributed by atoms with van der Waals surface area (Å²) in [6.45, 7) is 1.56. The average molecular weight is 430 g/mol. The van der Waals surface area contributed by atoms with Crippen LogP contribution >= 0.6 is 0 Å². The zero-order chi connectivity index (χ0) is 21.9. The van der Waals surface area contributed by atoms with Crippen molar-refractivity contribution < 1.29 is 13.9 Å². The fourth-order valence-electron chi connectivity index (χ4n) is 4.02. The molecule has 4 aromatic rings. The van der Waals surface area contributed by atoms with Crippen LogP contribution in [-0.4, -0.2) is 39.9 Å². The molecule has 32 heavy (non-hydrogen) atoms. The van der Waals surface area contributed by atoms with Gasteiger partial charge in [-0.2, -0.15) is 5.10 Å². The summed E-state index contributed by atoms with van der Waals surface area (Å²) in [5, 5.41) is 8.12. The Balaban J connectivity index is 1.54. The molecular formula is C25H23FN4O2. The maximum Gasteiger partial charge on any atom is 0.252 e. The lowest BCUT2D eigenvalue weighted by atomic mass is 10.1. The van der Waals surface area contributed by atoms with Crippen molar-refractivity contribution in [1.29, 1.82) is 0 Å². The Hall–Kier alpha value is -3.58. The maximum atomic E-state index is 13.7. The number of hydrogen-bond donors (Lipinski definition) is 1. The number of carbonyl (C=O) groups excluding carboxylic acids is 1. The third-order valence-corrected chi connectivity index (χ3v) is 5.66. The number of aromatic nitrogens is 3. The highest BCUT2D eigenvalue weighted by Gasteiger charge is 2.20. The molecule has 0 saturated carbocycles. The topological polar surface area (TPSA) is 69.0 Å². The Morgan fingerprint density at radius 3 is 2.81 bits per heavy atom. The van der Waals surface area contributed by atoms with Gasteiger partial charge in [-0.1, -0.05) is 42.5 Å². The number of benzene rings is 2. The predicted octanol–water partition coefficient (Wildman–Crippen LogP) is 4.19. The van der Waals surface area contributed by atoms with E-state index in [0.717, 1.165) is 30.6 Å². The van der Waals surface area contributed by atoms with E-state index in [1.165, 1.54) is 12.1 Å². The Morgan fingerprint density at radius 1 is 1.16 bits per heavy atom. The highest BCUT2D eigenvalue weighted by atomic mass is 19.1. The monoisotopic (exact) mass is 430 g/mol. The smallest absolute Gasteiger partial charge is 0.252 e. The Bertz CT molecular complexity index is 1250. The maximum absolute atomic E-state index is 13.7. The van der Waals surface area contributed by atoms with Crippen molar-refractivity contribution in [3.05, 3.63) is 83.8 Å². The molecule has 2 aromatic heterocycles. The van der Waals surface area contributed by atoms with E-state index in [4.69, 9.17) is 9.72 Å². The minimum atomic E-state index is -0.300. The molecule has 1 aliphatic rings. The van der Waals surface area contributed by atoms with Crippen molar-refractivity contribution in [2.24, 2.45) is 0 Å². The lowest BCUT2D eigenvalue weighted by molar-refractivity contribution is 0.0859. The standard InChI is InChI=1S/C25H23FN4O2/c26-19-9-4-6-17(12-19)16-30-24-22(15-28-30)21(25(31)27-14-20-10-5-11-32-20)13-23(29-24)18-7-2-1-3-8-18/h1-4,6-9,12-13,15,20H,5,10-11,14,16H2,(H,27,31)/t20-/m0/s1. The first-order valence-corrected chi connectivity index (χ1v) is 10.7. The molecule has 0 unspecified atom stereocenters. The summed E-state index contributed by atoms with van der Waals surface area (Å²) >= 11 is 0. The average Bonchev–Trinajstić information content (AvgIpc) is 3.48. The van der Waals surface area contributed by atoms with Crippen molar-refractivity contribution in [3.63, 3.8) is 0 Å². The summed E-state index contributed by atoms with van der Waals surface area (Å²) in [6.07, 6.45) is 3.68.